The van der Waals surface area contributed by atoms with Gasteiger partial charge in [-0.05, 0) is 30.5 Å². The van der Waals surface area contributed by atoms with Gasteiger partial charge in [-0.1, -0.05) is 13.0 Å². The zero-order chi connectivity index (χ0) is 12.0. The third kappa shape index (κ3) is 3.96. The third-order valence-electron chi connectivity index (χ3n) is 2.20. The summed E-state index contributed by atoms with van der Waals surface area (Å²) in [5.74, 6) is -1.71. The first-order chi connectivity index (χ1) is 7.63. The van der Waals surface area contributed by atoms with Crippen molar-refractivity contribution in [1.82, 2.24) is 5.32 Å². The number of amides is 1. The Hall–Kier alpha value is -1.45. The van der Waals surface area contributed by atoms with E-state index in [9.17, 15) is 13.6 Å². The van der Waals surface area contributed by atoms with Crippen molar-refractivity contribution in [3.63, 3.8) is 0 Å². The van der Waals surface area contributed by atoms with Crippen LogP contribution in [-0.2, 0) is 11.2 Å². The fraction of sp³-hybridized carbons (Fsp3) is 0.417. The Balaban J connectivity index is 2.37. The van der Waals surface area contributed by atoms with Gasteiger partial charge in [0.1, 0.15) is 0 Å². The number of carbonyl (C=O) groups is 1. The second-order valence-electron chi connectivity index (χ2n) is 3.60. The Bertz CT molecular complexity index is 366. The molecule has 1 N–H and O–H groups in total. The van der Waals surface area contributed by atoms with Crippen molar-refractivity contribution in [2.24, 2.45) is 0 Å². The maximum Gasteiger partial charge on any atom is 0.219 e. The predicted molar refractivity (Wildman–Crippen MR) is 58.0 cm³/mol. The van der Waals surface area contributed by atoms with Gasteiger partial charge in [-0.15, -0.1) is 0 Å². The van der Waals surface area contributed by atoms with E-state index < -0.39 is 11.6 Å². The molecule has 0 aliphatic heterocycles. The van der Waals surface area contributed by atoms with Gasteiger partial charge >= 0.3 is 0 Å². The maximum absolute atomic E-state index is 12.8. The lowest BCUT2D eigenvalue weighted by Crippen LogP contribution is -2.25. The molecule has 0 aliphatic rings. The summed E-state index contributed by atoms with van der Waals surface area (Å²) in [6.07, 6.45) is 1.81. The quantitative estimate of drug-likeness (QED) is 0.822. The largest absolute Gasteiger partial charge is 0.356 e. The van der Waals surface area contributed by atoms with Crippen LogP contribution in [0.3, 0.4) is 0 Å². The second-order valence-corrected chi connectivity index (χ2v) is 3.60. The molecule has 2 nitrogen and oxygen atoms in total. The van der Waals surface area contributed by atoms with Crippen LogP contribution >= 0.6 is 0 Å². The zero-order valence-electron chi connectivity index (χ0n) is 9.22. The van der Waals surface area contributed by atoms with Crippen molar-refractivity contribution in [1.29, 1.82) is 0 Å². The van der Waals surface area contributed by atoms with E-state index in [0.717, 1.165) is 18.6 Å². The molecule has 16 heavy (non-hydrogen) atoms. The van der Waals surface area contributed by atoms with E-state index in [-0.39, 0.29) is 5.91 Å². The Morgan fingerprint density at radius 2 is 2.06 bits per heavy atom. The number of benzene rings is 1. The van der Waals surface area contributed by atoms with E-state index in [0.29, 0.717) is 24.9 Å². The predicted octanol–water partition coefficient (Wildman–Crippen LogP) is 2.42. The molecule has 0 aliphatic carbocycles. The third-order valence-corrected chi connectivity index (χ3v) is 2.20. The van der Waals surface area contributed by atoms with Crippen LogP contribution in [0.2, 0.25) is 0 Å². The van der Waals surface area contributed by atoms with Crippen LogP contribution in [-0.4, -0.2) is 12.5 Å². The summed E-state index contributed by atoms with van der Waals surface area (Å²) in [7, 11) is 0. The molecule has 0 fully saturated rings. The van der Waals surface area contributed by atoms with Crippen LogP contribution < -0.4 is 5.32 Å². The number of hydrogen-bond acceptors (Lipinski definition) is 1. The Kier molecular flexibility index (Phi) is 4.89. The molecule has 1 aromatic carbocycles. The molecule has 0 saturated heterocycles. The number of nitrogens with one attached hydrogen (secondary N) is 1. The van der Waals surface area contributed by atoms with Gasteiger partial charge in [-0.2, -0.15) is 0 Å². The summed E-state index contributed by atoms with van der Waals surface area (Å²) in [4.78, 5) is 11.1. The number of hydrogen-bond donors (Lipinski definition) is 1. The lowest BCUT2D eigenvalue weighted by Gasteiger charge is -2.04. The minimum atomic E-state index is -0.850. The average molecular weight is 227 g/mol. The molecule has 1 aromatic rings. The van der Waals surface area contributed by atoms with Crippen molar-refractivity contribution in [3.8, 4) is 0 Å². The second kappa shape index (κ2) is 6.20. The van der Waals surface area contributed by atoms with Crippen molar-refractivity contribution in [2.45, 2.75) is 26.2 Å². The molecule has 0 atom stereocenters. The van der Waals surface area contributed by atoms with Crippen molar-refractivity contribution in [3.05, 3.63) is 35.4 Å². The van der Waals surface area contributed by atoms with Gasteiger partial charge in [0.25, 0.3) is 0 Å². The zero-order valence-corrected chi connectivity index (χ0v) is 9.22. The molecule has 0 bridgehead atoms. The van der Waals surface area contributed by atoms with E-state index in [1.807, 2.05) is 6.92 Å². The summed E-state index contributed by atoms with van der Waals surface area (Å²) in [5.41, 5.74) is 0.677. The van der Waals surface area contributed by atoms with Crippen LogP contribution in [0, 0.1) is 11.6 Å². The molecule has 0 aromatic heterocycles. The van der Waals surface area contributed by atoms with Crippen LogP contribution in [0.4, 0.5) is 8.78 Å². The van der Waals surface area contributed by atoms with Gasteiger partial charge in [0.2, 0.25) is 5.91 Å². The van der Waals surface area contributed by atoms with Crippen LogP contribution in [0.5, 0.6) is 0 Å². The van der Waals surface area contributed by atoms with Crippen molar-refractivity contribution >= 4 is 5.91 Å². The van der Waals surface area contributed by atoms with Crippen molar-refractivity contribution < 1.29 is 13.6 Å². The highest BCUT2D eigenvalue weighted by molar-refractivity contribution is 5.75. The minimum absolute atomic E-state index is 0.00918. The van der Waals surface area contributed by atoms with E-state index >= 15 is 0 Å². The fourth-order valence-corrected chi connectivity index (χ4v) is 1.36. The summed E-state index contributed by atoms with van der Waals surface area (Å²) >= 11 is 0. The first-order valence-electron chi connectivity index (χ1n) is 5.34. The first-order valence-corrected chi connectivity index (χ1v) is 5.34. The van der Waals surface area contributed by atoms with Crippen LogP contribution in [0.1, 0.15) is 25.3 Å². The normalized spacial score (nSPS) is 10.2. The molecule has 0 radical (unpaired) electrons. The summed E-state index contributed by atoms with van der Waals surface area (Å²) in [6.45, 7) is 2.37. The van der Waals surface area contributed by atoms with Gasteiger partial charge in [0.05, 0.1) is 0 Å². The maximum atomic E-state index is 12.8. The molecule has 4 heteroatoms. The van der Waals surface area contributed by atoms with E-state index in [1.165, 1.54) is 6.07 Å². The first kappa shape index (κ1) is 12.6. The molecule has 0 saturated carbocycles. The number of carbonyl (C=O) groups excluding carboxylic acids is 1. The molecule has 1 amide bonds. The smallest absolute Gasteiger partial charge is 0.219 e. The van der Waals surface area contributed by atoms with Crippen molar-refractivity contribution in [2.75, 3.05) is 6.54 Å². The van der Waals surface area contributed by atoms with E-state index in [2.05, 4.69) is 5.32 Å². The Morgan fingerprint density at radius 1 is 1.31 bits per heavy atom. The summed E-state index contributed by atoms with van der Waals surface area (Å²) < 4.78 is 25.4. The SMILES string of the molecule is CCCC(=O)NCCc1ccc(F)c(F)c1. The number of rotatable bonds is 5. The van der Waals surface area contributed by atoms with Gasteiger partial charge in [0, 0.05) is 13.0 Å². The fourth-order valence-electron chi connectivity index (χ4n) is 1.36. The lowest BCUT2D eigenvalue weighted by atomic mass is 10.1. The highest BCUT2D eigenvalue weighted by Crippen LogP contribution is 2.08. The van der Waals surface area contributed by atoms with Gasteiger partial charge in [-0.25, -0.2) is 8.78 Å². The molecular weight excluding hydrogens is 212 g/mol. The van der Waals surface area contributed by atoms with Gasteiger partial charge in [0.15, 0.2) is 11.6 Å². The van der Waals surface area contributed by atoms with E-state index in [4.69, 9.17) is 0 Å². The molecule has 88 valence electrons. The Morgan fingerprint density at radius 3 is 2.69 bits per heavy atom. The highest BCUT2D eigenvalue weighted by Gasteiger charge is 2.03. The van der Waals surface area contributed by atoms with Crippen LogP contribution in [0.15, 0.2) is 18.2 Å². The molecular formula is C12H15F2NO. The minimum Gasteiger partial charge on any atom is -0.356 e. The Labute approximate surface area is 93.7 Å². The van der Waals surface area contributed by atoms with Crippen LogP contribution in [0.25, 0.3) is 0 Å². The van der Waals surface area contributed by atoms with Gasteiger partial charge in [-0.3, -0.25) is 4.79 Å². The van der Waals surface area contributed by atoms with Gasteiger partial charge < -0.3 is 5.32 Å². The lowest BCUT2D eigenvalue weighted by molar-refractivity contribution is -0.121. The topological polar surface area (TPSA) is 29.1 Å². The molecule has 1 rings (SSSR count). The molecule has 0 spiro atoms. The monoisotopic (exact) mass is 227 g/mol. The summed E-state index contributed by atoms with van der Waals surface area (Å²) in [6, 6.07) is 3.77. The number of halogens is 2. The van der Waals surface area contributed by atoms with E-state index in [1.54, 1.807) is 0 Å². The highest BCUT2D eigenvalue weighted by atomic mass is 19.2. The summed E-state index contributed by atoms with van der Waals surface area (Å²) in [5, 5.41) is 2.71. The standard InChI is InChI=1S/C12H15F2NO/c1-2-3-12(16)15-7-6-9-4-5-10(13)11(14)8-9/h4-5,8H,2-3,6-7H2,1H3,(H,15,16). The average Bonchev–Trinajstić information content (AvgIpc) is 2.24. The molecule has 0 heterocycles. The molecule has 0 unspecified atom stereocenters.